The van der Waals surface area contributed by atoms with E-state index < -0.39 is 0 Å². The van der Waals surface area contributed by atoms with E-state index in [9.17, 15) is 9.59 Å². The van der Waals surface area contributed by atoms with E-state index in [4.69, 9.17) is 4.74 Å². The lowest BCUT2D eigenvalue weighted by molar-refractivity contribution is -0.192. The molecule has 0 N–H and O–H groups in total. The van der Waals surface area contributed by atoms with Crippen LogP contribution in [-0.4, -0.2) is 36.0 Å². The first-order valence-electron chi connectivity index (χ1n) is 11.3. The van der Waals surface area contributed by atoms with E-state index >= 15 is 0 Å². The highest BCUT2D eigenvalue weighted by Crippen LogP contribution is 2.66. The molecular formula is C23H37NO3. The third-order valence-electron chi connectivity index (χ3n) is 9.30. The standard InChI is InChI=1S/C23H37NO3/c1-5-24(6-2)21(26)18-9-8-16-15-7-10-19-23(4,14-12-20(25)27-19)17(15)11-13-22(16,18)3/h15-19H,5-14H2,1-4H3/t15-,16-,17-,18+,19+,22-,23+/m0/s1. The highest BCUT2D eigenvalue weighted by Gasteiger charge is 2.62. The number of fused-ring (bicyclic) bond motifs is 5. The van der Waals surface area contributed by atoms with Gasteiger partial charge in [0.1, 0.15) is 6.10 Å². The van der Waals surface area contributed by atoms with Crippen molar-refractivity contribution in [1.29, 1.82) is 0 Å². The summed E-state index contributed by atoms with van der Waals surface area (Å²) in [5, 5.41) is 0. The summed E-state index contributed by atoms with van der Waals surface area (Å²) < 4.78 is 5.80. The van der Waals surface area contributed by atoms with Gasteiger partial charge >= 0.3 is 5.97 Å². The Hall–Kier alpha value is -1.06. The summed E-state index contributed by atoms with van der Waals surface area (Å²) in [6.45, 7) is 10.6. The molecule has 1 amide bonds. The maximum atomic E-state index is 13.2. The zero-order valence-corrected chi connectivity index (χ0v) is 17.6. The fraction of sp³-hybridized carbons (Fsp3) is 0.913. The minimum atomic E-state index is 0.00215. The van der Waals surface area contributed by atoms with Crippen LogP contribution >= 0.6 is 0 Å². The second-order valence-corrected chi connectivity index (χ2v) is 10.1. The lowest BCUT2D eigenvalue weighted by Gasteiger charge is -2.59. The normalized spacial score (nSPS) is 46.1. The van der Waals surface area contributed by atoms with Gasteiger partial charge in [0.15, 0.2) is 0 Å². The Labute approximate surface area is 164 Å². The highest BCUT2D eigenvalue weighted by molar-refractivity contribution is 5.80. The van der Waals surface area contributed by atoms with Crippen molar-refractivity contribution in [1.82, 2.24) is 4.90 Å². The zero-order valence-electron chi connectivity index (χ0n) is 17.6. The average Bonchev–Trinajstić information content (AvgIpc) is 3.00. The molecule has 27 heavy (non-hydrogen) atoms. The molecule has 0 aromatic carbocycles. The van der Waals surface area contributed by atoms with Crippen molar-refractivity contribution in [2.45, 2.75) is 85.2 Å². The number of hydrogen-bond acceptors (Lipinski definition) is 3. The molecule has 0 spiro atoms. The van der Waals surface area contributed by atoms with Crippen molar-refractivity contribution in [2.24, 2.45) is 34.5 Å². The van der Waals surface area contributed by atoms with Crippen molar-refractivity contribution in [3.8, 4) is 0 Å². The molecule has 0 radical (unpaired) electrons. The van der Waals surface area contributed by atoms with Gasteiger partial charge in [-0.3, -0.25) is 9.59 Å². The molecule has 4 aliphatic rings. The van der Waals surface area contributed by atoms with E-state index in [1.54, 1.807) is 0 Å². The Morgan fingerprint density at radius 2 is 1.70 bits per heavy atom. The molecule has 4 rings (SSSR count). The number of nitrogens with zero attached hydrogens (tertiary/aromatic N) is 1. The summed E-state index contributed by atoms with van der Waals surface area (Å²) in [7, 11) is 0. The van der Waals surface area contributed by atoms with Crippen molar-refractivity contribution < 1.29 is 14.3 Å². The van der Waals surface area contributed by atoms with Crippen molar-refractivity contribution in [2.75, 3.05) is 13.1 Å². The van der Waals surface area contributed by atoms with Crippen LogP contribution in [0.15, 0.2) is 0 Å². The molecule has 1 saturated heterocycles. The molecule has 4 fully saturated rings. The third kappa shape index (κ3) is 2.76. The molecule has 152 valence electrons. The number of hydrogen-bond donors (Lipinski definition) is 0. The lowest BCUT2D eigenvalue weighted by atomic mass is 9.47. The fourth-order valence-electron chi connectivity index (χ4n) is 7.71. The third-order valence-corrected chi connectivity index (χ3v) is 9.30. The summed E-state index contributed by atoms with van der Waals surface area (Å²) >= 11 is 0. The molecule has 4 nitrogen and oxygen atoms in total. The number of esters is 1. The molecule has 0 aromatic heterocycles. The topological polar surface area (TPSA) is 46.6 Å². The zero-order chi connectivity index (χ0) is 19.4. The Kier molecular flexibility index (Phi) is 4.83. The van der Waals surface area contributed by atoms with Gasteiger partial charge in [-0.2, -0.15) is 0 Å². The van der Waals surface area contributed by atoms with Gasteiger partial charge in [-0.15, -0.1) is 0 Å². The van der Waals surface area contributed by atoms with E-state index in [1.165, 1.54) is 19.3 Å². The number of ether oxygens (including phenoxy) is 1. The summed E-state index contributed by atoms with van der Waals surface area (Å²) in [5.41, 5.74) is 0.314. The molecule has 3 saturated carbocycles. The minimum Gasteiger partial charge on any atom is -0.462 e. The fourth-order valence-corrected chi connectivity index (χ4v) is 7.71. The van der Waals surface area contributed by atoms with Crippen LogP contribution in [0.4, 0.5) is 0 Å². The van der Waals surface area contributed by atoms with Gasteiger partial charge in [0, 0.05) is 30.8 Å². The van der Waals surface area contributed by atoms with Gasteiger partial charge in [0.2, 0.25) is 5.91 Å². The molecule has 4 heteroatoms. The van der Waals surface area contributed by atoms with Crippen LogP contribution in [0.5, 0.6) is 0 Å². The van der Waals surface area contributed by atoms with E-state index in [0.717, 1.165) is 38.8 Å². The van der Waals surface area contributed by atoms with Crippen LogP contribution in [0.25, 0.3) is 0 Å². The summed E-state index contributed by atoms with van der Waals surface area (Å²) in [4.78, 5) is 27.1. The van der Waals surface area contributed by atoms with Crippen molar-refractivity contribution in [3.63, 3.8) is 0 Å². The molecule has 0 unspecified atom stereocenters. The Balaban J connectivity index is 1.57. The first-order valence-corrected chi connectivity index (χ1v) is 11.3. The number of carbonyl (C=O) groups is 2. The number of carbonyl (C=O) groups excluding carboxylic acids is 2. The number of rotatable bonds is 3. The van der Waals surface area contributed by atoms with Gasteiger partial charge in [-0.25, -0.2) is 0 Å². The second-order valence-electron chi connectivity index (χ2n) is 10.1. The first-order chi connectivity index (χ1) is 12.8. The largest absolute Gasteiger partial charge is 0.462 e. The summed E-state index contributed by atoms with van der Waals surface area (Å²) in [6.07, 6.45) is 8.51. The predicted molar refractivity (Wildman–Crippen MR) is 105 cm³/mol. The van der Waals surface area contributed by atoms with E-state index in [1.807, 2.05) is 4.90 Å². The predicted octanol–water partition coefficient (Wildman–Crippen LogP) is 4.42. The maximum Gasteiger partial charge on any atom is 0.306 e. The van der Waals surface area contributed by atoms with Crippen LogP contribution < -0.4 is 0 Å². The van der Waals surface area contributed by atoms with Gasteiger partial charge in [0.05, 0.1) is 0 Å². The Bertz CT molecular complexity index is 615. The van der Waals surface area contributed by atoms with Crippen LogP contribution in [-0.2, 0) is 14.3 Å². The summed E-state index contributed by atoms with van der Waals surface area (Å²) in [5.74, 6) is 2.63. The van der Waals surface area contributed by atoms with Gasteiger partial charge in [-0.05, 0) is 82.0 Å². The lowest BCUT2D eigenvalue weighted by Crippen LogP contribution is -2.57. The van der Waals surface area contributed by atoms with Gasteiger partial charge in [0.25, 0.3) is 0 Å². The second kappa shape index (κ2) is 6.77. The molecule has 0 aromatic rings. The van der Waals surface area contributed by atoms with Crippen LogP contribution in [0.2, 0.25) is 0 Å². The molecule has 7 atom stereocenters. The highest BCUT2D eigenvalue weighted by atomic mass is 16.5. The van der Waals surface area contributed by atoms with Crippen LogP contribution in [0, 0.1) is 34.5 Å². The van der Waals surface area contributed by atoms with E-state index in [0.29, 0.717) is 30.1 Å². The molecule has 1 heterocycles. The van der Waals surface area contributed by atoms with E-state index in [2.05, 4.69) is 27.7 Å². The molecule has 3 aliphatic carbocycles. The van der Waals surface area contributed by atoms with Crippen LogP contribution in [0.3, 0.4) is 0 Å². The summed E-state index contributed by atoms with van der Waals surface area (Å²) in [6, 6.07) is 0. The van der Waals surface area contributed by atoms with Gasteiger partial charge in [-0.1, -0.05) is 13.8 Å². The number of amides is 1. The SMILES string of the molecule is CCN(CC)C(=O)[C@H]1CC[C@H]2[C@@H]3CC[C@H]4OC(=O)CC[C@]4(C)[C@H]3CC[C@]12C. The Morgan fingerprint density at radius 1 is 1.00 bits per heavy atom. The molecule has 0 bridgehead atoms. The van der Waals surface area contributed by atoms with Crippen LogP contribution in [0.1, 0.15) is 79.1 Å². The maximum absolute atomic E-state index is 13.2. The first kappa shape index (κ1) is 19.3. The average molecular weight is 376 g/mol. The van der Waals surface area contributed by atoms with Crippen molar-refractivity contribution >= 4 is 11.9 Å². The Morgan fingerprint density at radius 3 is 2.41 bits per heavy atom. The minimum absolute atomic E-state index is 0.00215. The van der Waals surface area contributed by atoms with Crippen molar-refractivity contribution in [3.05, 3.63) is 0 Å². The monoisotopic (exact) mass is 375 g/mol. The smallest absolute Gasteiger partial charge is 0.306 e. The molecule has 1 aliphatic heterocycles. The quantitative estimate of drug-likeness (QED) is 0.686. The van der Waals surface area contributed by atoms with Gasteiger partial charge < -0.3 is 9.64 Å². The molecular weight excluding hydrogens is 338 g/mol. The van der Waals surface area contributed by atoms with E-state index in [-0.39, 0.29) is 28.8 Å².